The molecule has 0 heterocycles. The lowest BCUT2D eigenvalue weighted by molar-refractivity contribution is -0.145. The van der Waals surface area contributed by atoms with Crippen molar-refractivity contribution in [3.8, 4) is 0 Å². The molecule has 0 saturated carbocycles. The van der Waals surface area contributed by atoms with Gasteiger partial charge in [-0.05, 0) is 28.8 Å². The Labute approximate surface area is 146 Å². The second-order valence-electron chi connectivity index (χ2n) is 5.49. The maximum Gasteiger partial charge on any atom is 0.318 e. The van der Waals surface area contributed by atoms with Gasteiger partial charge in [-0.1, -0.05) is 84.4 Å². The minimum absolute atomic E-state index is 0.204. The Morgan fingerprint density at radius 1 is 0.833 bits per heavy atom. The minimum atomic E-state index is -0.438. The summed E-state index contributed by atoms with van der Waals surface area (Å²) in [6.45, 7) is 0.204. The Balaban J connectivity index is 1.82. The highest BCUT2D eigenvalue weighted by atomic mass is 35.5. The summed E-state index contributed by atoms with van der Waals surface area (Å²) < 4.78 is 5.56. The summed E-state index contributed by atoms with van der Waals surface area (Å²) in [6.07, 6.45) is 0. The van der Waals surface area contributed by atoms with Crippen LogP contribution in [0.2, 0.25) is 5.02 Å². The summed E-state index contributed by atoms with van der Waals surface area (Å²) >= 11 is 5.97. The molecule has 0 spiro atoms. The van der Waals surface area contributed by atoms with Gasteiger partial charge in [-0.2, -0.15) is 0 Å². The lowest BCUT2D eigenvalue weighted by Crippen LogP contribution is -2.17. The van der Waals surface area contributed by atoms with E-state index in [1.807, 2.05) is 72.8 Å². The summed E-state index contributed by atoms with van der Waals surface area (Å²) in [5.41, 5.74) is 2.70. The molecule has 24 heavy (non-hydrogen) atoms. The smallest absolute Gasteiger partial charge is 0.318 e. The predicted molar refractivity (Wildman–Crippen MR) is 96.0 cm³/mol. The van der Waals surface area contributed by atoms with Crippen molar-refractivity contribution in [1.82, 2.24) is 0 Å². The molecule has 2 nitrogen and oxygen atoms in total. The Morgan fingerprint density at radius 3 is 1.96 bits per heavy atom. The summed E-state index contributed by atoms with van der Waals surface area (Å²) in [5, 5.41) is 0.631. The lowest BCUT2D eigenvalue weighted by Gasteiger charge is -2.17. The zero-order valence-corrected chi connectivity index (χ0v) is 13.8. The Hall–Kier alpha value is -2.58. The number of carbonyl (C=O) groups is 1. The van der Waals surface area contributed by atoms with E-state index in [1.54, 1.807) is 12.1 Å². The molecule has 0 aliphatic rings. The molecule has 0 fully saturated rings. The first-order chi connectivity index (χ1) is 11.7. The lowest BCUT2D eigenvalue weighted by atomic mass is 9.91. The van der Waals surface area contributed by atoms with E-state index in [4.69, 9.17) is 16.3 Å². The number of hydrogen-bond acceptors (Lipinski definition) is 2. The predicted octanol–water partition coefficient (Wildman–Crippen LogP) is 5.22. The van der Waals surface area contributed by atoms with Crippen molar-refractivity contribution < 1.29 is 9.53 Å². The standard InChI is InChI=1S/C21H17ClO2/c22-19-13-7-8-16(14-19)15-24-21(23)20(17-9-3-1-4-10-17)18-11-5-2-6-12-18/h1-14,20H,15H2. The van der Waals surface area contributed by atoms with E-state index in [-0.39, 0.29) is 12.6 Å². The van der Waals surface area contributed by atoms with Crippen molar-refractivity contribution in [2.75, 3.05) is 0 Å². The summed E-state index contributed by atoms with van der Waals surface area (Å²) in [6, 6.07) is 26.7. The second kappa shape index (κ2) is 7.80. The molecule has 3 aromatic carbocycles. The van der Waals surface area contributed by atoms with Crippen LogP contribution in [0.5, 0.6) is 0 Å². The molecule has 120 valence electrons. The van der Waals surface area contributed by atoms with E-state index in [0.717, 1.165) is 16.7 Å². The van der Waals surface area contributed by atoms with Crippen LogP contribution >= 0.6 is 11.6 Å². The number of benzene rings is 3. The van der Waals surface area contributed by atoms with E-state index >= 15 is 0 Å². The largest absolute Gasteiger partial charge is 0.460 e. The fourth-order valence-corrected chi connectivity index (χ4v) is 2.83. The minimum Gasteiger partial charge on any atom is -0.460 e. The van der Waals surface area contributed by atoms with Gasteiger partial charge in [0.05, 0.1) is 0 Å². The monoisotopic (exact) mass is 336 g/mol. The highest BCUT2D eigenvalue weighted by Gasteiger charge is 2.24. The molecule has 0 amide bonds. The Morgan fingerprint density at radius 2 is 1.42 bits per heavy atom. The van der Waals surface area contributed by atoms with E-state index in [0.29, 0.717) is 5.02 Å². The maximum atomic E-state index is 12.7. The van der Waals surface area contributed by atoms with Crippen molar-refractivity contribution in [3.05, 3.63) is 107 Å². The number of rotatable bonds is 5. The average Bonchev–Trinajstić information content (AvgIpc) is 2.62. The number of ether oxygens (including phenoxy) is 1. The SMILES string of the molecule is O=C(OCc1cccc(Cl)c1)C(c1ccccc1)c1ccccc1. The fraction of sp³-hybridized carbons (Fsp3) is 0.0952. The Bertz CT molecular complexity index is 761. The first-order valence-electron chi connectivity index (χ1n) is 7.75. The molecule has 3 heteroatoms. The van der Waals surface area contributed by atoms with Gasteiger partial charge in [0.1, 0.15) is 12.5 Å². The van der Waals surface area contributed by atoms with Gasteiger partial charge in [0.2, 0.25) is 0 Å². The van der Waals surface area contributed by atoms with Gasteiger partial charge in [0, 0.05) is 5.02 Å². The number of esters is 1. The molecule has 3 rings (SSSR count). The van der Waals surface area contributed by atoms with Gasteiger partial charge in [0.15, 0.2) is 0 Å². The molecule has 0 aliphatic heterocycles. The Kier molecular flexibility index (Phi) is 5.29. The normalized spacial score (nSPS) is 10.6. The van der Waals surface area contributed by atoms with Crippen LogP contribution < -0.4 is 0 Å². The zero-order valence-electron chi connectivity index (χ0n) is 13.1. The van der Waals surface area contributed by atoms with Crippen molar-refractivity contribution in [2.24, 2.45) is 0 Å². The fourth-order valence-electron chi connectivity index (χ4n) is 2.62. The first kappa shape index (κ1) is 16.3. The number of halogens is 1. The maximum absolute atomic E-state index is 12.7. The molecule has 0 saturated heterocycles. The van der Waals surface area contributed by atoms with Crippen molar-refractivity contribution in [2.45, 2.75) is 12.5 Å². The molecule has 0 unspecified atom stereocenters. The van der Waals surface area contributed by atoms with Gasteiger partial charge >= 0.3 is 5.97 Å². The molecule has 0 aliphatic carbocycles. The van der Waals surface area contributed by atoms with E-state index < -0.39 is 5.92 Å². The highest BCUT2D eigenvalue weighted by Crippen LogP contribution is 2.26. The zero-order chi connectivity index (χ0) is 16.8. The van der Waals surface area contributed by atoms with E-state index in [2.05, 4.69) is 0 Å². The van der Waals surface area contributed by atoms with E-state index in [1.165, 1.54) is 0 Å². The molecule has 0 bridgehead atoms. The van der Waals surface area contributed by atoms with Crippen molar-refractivity contribution in [1.29, 1.82) is 0 Å². The topological polar surface area (TPSA) is 26.3 Å². The van der Waals surface area contributed by atoms with Crippen LogP contribution in [0.1, 0.15) is 22.6 Å². The third kappa shape index (κ3) is 4.03. The average molecular weight is 337 g/mol. The molecular formula is C21H17ClO2. The van der Waals surface area contributed by atoms with Crippen molar-refractivity contribution in [3.63, 3.8) is 0 Å². The first-order valence-corrected chi connectivity index (χ1v) is 8.13. The van der Waals surface area contributed by atoms with Crippen molar-refractivity contribution >= 4 is 17.6 Å². The number of carbonyl (C=O) groups excluding carboxylic acids is 1. The van der Waals surface area contributed by atoms with Gasteiger partial charge in [-0.3, -0.25) is 4.79 Å². The third-order valence-corrected chi connectivity index (χ3v) is 4.01. The molecule has 0 N–H and O–H groups in total. The molecule has 0 radical (unpaired) electrons. The van der Waals surface area contributed by atoms with Crippen LogP contribution in [0.15, 0.2) is 84.9 Å². The van der Waals surface area contributed by atoms with Crippen LogP contribution in [0.4, 0.5) is 0 Å². The van der Waals surface area contributed by atoms with Gasteiger partial charge < -0.3 is 4.74 Å². The van der Waals surface area contributed by atoms with Crippen LogP contribution in [0, 0.1) is 0 Å². The molecule has 0 aromatic heterocycles. The van der Waals surface area contributed by atoms with Crippen LogP contribution in [0.25, 0.3) is 0 Å². The number of hydrogen-bond donors (Lipinski definition) is 0. The van der Waals surface area contributed by atoms with Crippen LogP contribution in [-0.2, 0) is 16.1 Å². The molecule has 3 aromatic rings. The van der Waals surface area contributed by atoms with Crippen LogP contribution in [-0.4, -0.2) is 5.97 Å². The van der Waals surface area contributed by atoms with Gasteiger partial charge in [-0.15, -0.1) is 0 Å². The second-order valence-corrected chi connectivity index (χ2v) is 5.93. The third-order valence-electron chi connectivity index (χ3n) is 3.77. The quantitative estimate of drug-likeness (QED) is 0.597. The summed E-state index contributed by atoms with van der Waals surface area (Å²) in [7, 11) is 0. The molecule has 0 atom stereocenters. The van der Waals surface area contributed by atoms with E-state index in [9.17, 15) is 4.79 Å². The molecular weight excluding hydrogens is 320 g/mol. The highest BCUT2D eigenvalue weighted by molar-refractivity contribution is 6.30. The van der Waals surface area contributed by atoms with Crippen LogP contribution in [0.3, 0.4) is 0 Å². The van der Waals surface area contributed by atoms with Gasteiger partial charge in [0.25, 0.3) is 0 Å². The summed E-state index contributed by atoms with van der Waals surface area (Å²) in [4.78, 5) is 12.7. The summed E-state index contributed by atoms with van der Waals surface area (Å²) in [5.74, 6) is -0.709. The van der Waals surface area contributed by atoms with Gasteiger partial charge in [-0.25, -0.2) is 0 Å².